The molecule has 0 heterocycles. The van der Waals surface area contributed by atoms with Gasteiger partial charge in [0.25, 0.3) is 5.91 Å². The second-order valence-electron chi connectivity index (χ2n) is 7.73. The van der Waals surface area contributed by atoms with Crippen LogP contribution in [0.15, 0.2) is 24.3 Å². The normalized spacial score (nSPS) is 23.5. The number of benzene rings is 1. The summed E-state index contributed by atoms with van der Waals surface area (Å²) in [5, 5.41) is 3.05. The van der Waals surface area contributed by atoms with Crippen LogP contribution in [-0.4, -0.2) is 24.7 Å². The summed E-state index contributed by atoms with van der Waals surface area (Å²) in [6.45, 7) is 9.84. The highest BCUT2D eigenvalue weighted by atomic mass is 16.5. The van der Waals surface area contributed by atoms with Gasteiger partial charge in [0.1, 0.15) is 11.4 Å². The van der Waals surface area contributed by atoms with Gasteiger partial charge in [0, 0.05) is 12.3 Å². The molecule has 0 aromatic heterocycles. The number of hydrogen-bond donors (Lipinski definition) is 1. The molecule has 140 valence electrons. The zero-order valence-corrected chi connectivity index (χ0v) is 16.1. The zero-order valence-electron chi connectivity index (χ0n) is 16.1. The molecule has 1 aromatic carbocycles. The maximum atomic E-state index is 13.0. The summed E-state index contributed by atoms with van der Waals surface area (Å²) in [7, 11) is 0. The van der Waals surface area contributed by atoms with E-state index in [-0.39, 0.29) is 5.91 Å². The number of hydrogen-bond acceptors (Lipinski definition) is 3. The van der Waals surface area contributed by atoms with E-state index in [1.54, 1.807) is 0 Å². The number of ether oxygens (including phenoxy) is 2. The van der Waals surface area contributed by atoms with Gasteiger partial charge in [-0.3, -0.25) is 4.79 Å². The first-order valence-electron chi connectivity index (χ1n) is 9.63. The predicted molar refractivity (Wildman–Crippen MR) is 102 cm³/mol. The zero-order chi connectivity index (χ0) is 18.3. The van der Waals surface area contributed by atoms with Gasteiger partial charge in [-0.1, -0.05) is 34.1 Å². The third kappa shape index (κ3) is 5.74. The highest BCUT2D eigenvalue weighted by Crippen LogP contribution is 2.36. The molecule has 1 aliphatic rings. The molecule has 0 radical (unpaired) electrons. The fourth-order valence-electron chi connectivity index (χ4n) is 3.35. The minimum atomic E-state index is -0.680. The van der Waals surface area contributed by atoms with E-state index < -0.39 is 5.60 Å². The Bertz CT molecular complexity index is 541. The predicted octanol–water partition coefficient (Wildman–Crippen LogP) is 5.04. The lowest BCUT2D eigenvalue weighted by atomic mass is 9.78. The highest BCUT2D eigenvalue weighted by Gasteiger charge is 2.42. The molecule has 1 N–H and O–H groups in total. The second kappa shape index (κ2) is 9.23. The first-order valence-corrected chi connectivity index (χ1v) is 9.63. The van der Waals surface area contributed by atoms with Crippen molar-refractivity contribution in [2.45, 2.75) is 65.4 Å². The summed E-state index contributed by atoms with van der Waals surface area (Å²) < 4.78 is 11.8. The first-order chi connectivity index (χ1) is 11.9. The van der Waals surface area contributed by atoms with Crippen LogP contribution in [-0.2, 0) is 9.53 Å². The second-order valence-corrected chi connectivity index (χ2v) is 7.73. The van der Waals surface area contributed by atoms with Crippen LogP contribution in [0.1, 0.15) is 59.8 Å². The minimum absolute atomic E-state index is 0.0108. The summed E-state index contributed by atoms with van der Waals surface area (Å²) in [5.74, 6) is 1.82. The van der Waals surface area contributed by atoms with Crippen LogP contribution in [0.5, 0.6) is 5.75 Å². The Hall–Kier alpha value is -1.55. The van der Waals surface area contributed by atoms with Crippen LogP contribution in [0.25, 0.3) is 0 Å². The van der Waals surface area contributed by atoms with Crippen molar-refractivity contribution >= 4 is 11.6 Å². The van der Waals surface area contributed by atoms with Crippen LogP contribution >= 0.6 is 0 Å². The minimum Gasteiger partial charge on any atom is -0.493 e. The standard InChI is InChI=1S/C21H33NO3/c1-5-13-25-21(12-6-7-17(4)14-21)20(23)22-18-8-10-19(11-9-18)24-15-16(2)3/h8-11,16-17H,5-7,12-15H2,1-4H3,(H,22,23)/t17-,21+/m1/s1. The van der Waals surface area contributed by atoms with Crippen molar-refractivity contribution in [3.63, 3.8) is 0 Å². The summed E-state index contributed by atoms with van der Waals surface area (Å²) in [5.41, 5.74) is 0.111. The van der Waals surface area contributed by atoms with E-state index in [9.17, 15) is 4.79 Å². The van der Waals surface area contributed by atoms with Crippen molar-refractivity contribution in [1.29, 1.82) is 0 Å². The van der Waals surface area contributed by atoms with Crippen LogP contribution in [0, 0.1) is 11.8 Å². The Morgan fingerprint density at radius 3 is 2.64 bits per heavy atom. The Balaban J connectivity index is 2.02. The van der Waals surface area contributed by atoms with E-state index in [4.69, 9.17) is 9.47 Å². The van der Waals surface area contributed by atoms with Crippen molar-refractivity contribution in [2.75, 3.05) is 18.5 Å². The number of carbonyl (C=O) groups is 1. The van der Waals surface area contributed by atoms with Gasteiger partial charge in [0.2, 0.25) is 0 Å². The number of anilines is 1. The van der Waals surface area contributed by atoms with Crippen molar-refractivity contribution in [2.24, 2.45) is 11.8 Å². The molecule has 0 unspecified atom stereocenters. The van der Waals surface area contributed by atoms with Gasteiger partial charge < -0.3 is 14.8 Å². The average Bonchev–Trinajstić information content (AvgIpc) is 2.59. The molecular weight excluding hydrogens is 314 g/mol. The van der Waals surface area contributed by atoms with Crippen molar-refractivity contribution < 1.29 is 14.3 Å². The lowest BCUT2D eigenvalue weighted by Gasteiger charge is -2.38. The molecule has 1 aromatic rings. The lowest BCUT2D eigenvalue weighted by molar-refractivity contribution is -0.148. The maximum absolute atomic E-state index is 13.0. The van der Waals surface area contributed by atoms with Crippen LogP contribution in [0.2, 0.25) is 0 Å². The summed E-state index contributed by atoms with van der Waals surface area (Å²) >= 11 is 0. The van der Waals surface area contributed by atoms with E-state index in [2.05, 4.69) is 33.0 Å². The Morgan fingerprint density at radius 1 is 1.32 bits per heavy atom. The van der Waals surface area contributed by atoms with Gasteiger partial charge in [-0.15, -0.1) is 0 Å². The van der Waals surface area contributed by atoms with Gasteiger partial charge in [-0.05, 0) is 61.8 Å². The Morgan fingerprint density at radius 2 is 2.04 bits per heavy atom. The SMILES string of the molecule is CCCO[C@@]1(C(=O)Nc2ccc(OCC(C)C)cc2)CCC[C@@H](C)C1. The topological polar surface area (TPSA) is 47.6 Å². The van der Waals surface area contributed by atoms with Crippen LogP contribution in [0.4, 0.5) is 5.69 Å². The summed E-state index contributed by atoms with van der Waals surface area (Å²) in [4.78, 5) is 13.0. The van der Waals surface area contributed by atoms with Gasteiger partial charge in [0.05, 0.1) is 6.61 Å². The monoisotopic (exact) mass is 347 g/mol. The smallest absolute Gasteiger partial charge is 0.256 e. The summed E-state index contributed by atoms with van der Waals surface area (Å²) in [6, 6.07) is 7.60. The fourth-order valence-corrected chi connectivity index (χ4v) is 3.35. The van der Waals surface area contributed by atoms with Gasteiger partial charge in [-0.25, -0.2) is 0 Å². The molecule has 4 nitrogen and oxygen atoms in total. The average molecular weight is 347 g/mol. The fraction of sp³-hybridized carbons (Fsp3) is 0.667. The summed E-state index contributed by atoms with van der Waals surface area (Å²) in [6.07, 6.45) is 4.74. The number of amides is 1. The number of nitrogens with one attached hydrogen (secondary N) is 1. The van der Waals surface area contributed by atoms with Gasteiger partial charge >= 0.3 is 0 Å². The van der Waals surface area contributed by atoms with E-state index in [0.717, 1.165) is 37.1 Å². The largest absolute Gasteiger partial charge is 0.493 e. The molecule has 0 spiro atoms. The molecule has 4 heteroatoms. The first kappa shape index (κ1) is 19.8. The lowest BCUT2D eigenvalue weighted by Crippen LogP contribution is -2.48. The molecule has 0 bridgehead atoms. The molecule has 0 aliphatic heterocycles. The molecule has 2 atom stereocenters. The molecule has 1 aliphatic carbocycles. The molecule has 1 amide bonds. The quantitative estimate of drug-likeness (QED) is 0.717. The van der Waals surface area contributed by atoms with Crippen molar-refractivity contribution in [3.05, 3.63) is 24.3 Å². The number of carbonyl (C=O) groups excluding carboxylic acids is 1. The van der Waals surface area contributed by atoms with E-state index >= 15 is 0 Å². The van der Waals surface area contributed by atoms with Gasteiger partial charge in [0.15, 0.2) is 0 Å². The van der Waals surface area contributed by atoms with Crippen molar-refractivity contribution in [3.8, 4) is 5.75 Å². The third-order valence-corrected chi connectivity index (χ3v) is 4.65. The molecule has 25 heavy (non-hydrogen) atoms. The maximum Gasteiger partial charge on any atom is 0.256 e. The molecular formula is C21H33NO3. The molecule has 2 rings (SSSR count). The molecule has 1 saturated carbocycles. The third-order valence-electron chi connectivity index (χ3n) is 4.65. The highest BCUT2D eigenvalue weighted by molar-refractivity contribution is 5.97. The van der Waals surface area contributed by atoms with Crippen LogP contribution in [0.3, 0.4) is 0 Å². The van der Waals surface area contributed by atoms with E-state index in [1.165, 1.54) is 6.42 Å². The van der Waals surface area contributed by atoms with Gasteiger partial charge in [-0.2, -0.15) is 0 Å². The number of rotatable bonds is 8. The Kier molecular flexibility index (Phi) is 7.30. The molecule has 1 fully saturated rings. The van der Waals surface area contributed by atoms with E-state index in [0.29, 0.717) is 25.0 Å². The molecule has 0 saturated heterocycles. The van der Waals surface area contributed by atoms with Crippen LogP contribution < -0.4 is 10.1 Å². The van der Waals surface area contributed by atoms with Crippen molar-refractivity contribution in [1.82, 2.24) is 0 Å². The Labute approximate surface area is 152 Å². The van der Waals surface area contributed by atoms with E-state index in [1.807, 2.05) is 24.3 Å².